The van der Waals surface area contributed by atoms with Gasteiger partial charge in [0.15, 0.2) is 11.6 Å². The molecule has 0 saturated heterocycles. The molecule has 9 heteroatoms. The van der Waals surface area contributed by atoms with Gasteiger partial charge in [0.25, 0.3) is 0 Å². The van der Waals surface area contributed by atoms with Gasteiger partial charge in [-0.05, 0) is 27.7 Å². The van der Waals surface area contributed by atoms with Crippen LogP contribution in [0.3, 0.4) is 0 Å². The second kappa shape index (κ2) is 6.34. The van der Waals surface area contributed by atoms with Crippen LogP contribution in [0.4, 0.5) is 0 Å². The Morgan fingerprint density at radius 1 is 1.17 bits per heavy atom. The van der Waals surface area contributed by atoms with Crippen molar-refractivity contribution in [1.82, 2.24) is 39.3 Å². The minimum atomic E-state index is 0.0279. The average molecular weight is 328 g/mol. The summed E-state index contributed by atoms with van der Waals surface area (Å²) in [5.74, 6) is 1.50. The Balaban J connectivity index is 1.88. The number of carbonyl (C=O) groups is 1. The molecular weight excluding hydrogens is 308 g/mol. The van der Waals surface area contributed by atoms with E-state index >= 15 is 0 Å². The molecule has 0 fully saturated rings. The summed E-state index contributed by atoms with van der Waals surface area (Å²) < 4.78 is 5.33. The van der Waals surface area contributed by atoms with Crippen molar-refractivity contribution in [2.45, 2.75) is 47.3 Å². The van der Waals surface area contributed by atoms with Crippen LogP contribution < -0.4 is 0 Å². The van der Waals surface area contributed by atoms with Gasteiger partial charge in [0, 0.05) is 12.2 Å². The van der Waals surface area contributed by atoms with E-state index in [1.165, 1.54) is 6.33 Å². The first-order chi connectivity index (χ1) is 11.5. The van der Waals surface area contributed by atoms with Crippen LogP contribution in [0.5, 0.6) is 0 Å². The summed E-state index contributed by atoms with van der Waals surface area (Å²) in [6, 6.07) is 0. The van der Waals surface area contributed by atoms with Crippen LogP contribution in [0, 0.1) is 13.8 Å². The van der Waals surface area contributed by atoms with Crippen molar-refractivity contribution in [3.05, 3.63) is 41.3 Å². The molecule has 0 aromatic carbocycles. The van der Waals surface area contributed by atoms with Gasteiger partial charge in [-0.15, -0.1) is 0 Å². The van der Waals surface area contributed by atoms with E-state index in [0.717, 1.165) is 17.2 Å². The minimum absolute atomic E-state index is 0.0279. The van der Waals surface area contributed by atoms with Gasteiger partial charge in [-0.25, -0.2) is 19.3 Å². The molecule has 3 aromatic rings. The molecule has 3 heterocycles. The maximum atomic E-state index is 11.8. The zero-order valence-electron chi connectivity index (χ0n) is 14.3. The van der Waals surface area contributed by atoms with Gasteiger partial charge in [-0.3, -0.25) is 9.48 Å². The van der Waals surface area contributed by atoms with E-state index < -0.39 is 0 Å². The second-order valence-corrected chi connectivity index (χ2v) is 5.61. The highest BCUT2D eigenvalue weighted by Gasteiger charge is 2.17. The molecule has 0 spiro atoms. The molecule has 3 aromatic heterocycles. The molecular formula is C15H20N8O. The zero-order valence-corrected chi connectivity index (χ0v) is 14.3. The topological polar surface area (TPSA) is 96.3 Å². The van der Waals surface area contributed by atoms with E-state index in [1.807, 2.05) is 30.1 Å². The summed E-state index contributed by atoms with van der Waals surface area (Å²) in [7, 11) is 0. The predicted molar refractivity (Wildman–Crippen MR) is 85.6 cm³/mol. The van der Waals surface area contributed by atoms with Crippen molar-refractivity contribution >= 4 is 5.78 Å². The van der Waals surface area contributed by atoms with Gasteiger partial charge in [-0.1, -0.05) is 0 Å². The van der Waals surface area contributed by atoms with Crippen LogP contribution in [0.25, 0.3) is 0 Å². The number of nitrogens with zero attached hydrogens (tertiary/aromatic N) is 8. The molecule has 0 atom stereocenters. The van der Waals surface area contributed by atoms with Crippen molar-refractivity contribution in [2.75, 3.05) is 0 Å². The predicted octanol–water partition coefficient (Wildman–Crippen LogP) is 1.00. The van der Waals surface area contributed by atoms with Gasteiger partial charge >= 0.3 is 0 Å². The van der Waals surface area contributed by atoms with E-state index in [4.69, 9.17) is 0 Å². The first-order valence-electron chi connectivity index (χ1n) is 7.79. The molecule has 3 rings (SSSR count). The Hall–Kier alpha value is -2.84. The maximum Gasteiger partial charge on any atom is 0.172 e. The van der Waals surface area contributed by atoms with Crippen molar-refractivity contribution in [2.24, 2.45) is 0 Å². The lowest BCUT2D eigenvalue weighted by Gasteiger charge is -2.05. The van der Waals surface area contributed by atoms with Gasteiger partial charge in [0.2, 0.25) is 0 Å². The summed E-state index contributed by atoms with van der Waals surface area (Å²) in [5, 5.41) is 13.0. The van der Waals surface area contributed by atoms with Crippen LogP contribution in [0.15, 0.2) is 12.7 Å². The third kappa shape index (κ3) is 2.97. The number of rotatable bonds is 6. The summed E-state index contributed by atoms with van der Waals surface area (Å²) in [6.07, 6.45) is 3.11. The molecule has 9 nitrogen and oxygen atoms in total. The molecule has 0 aliphatic heterocycles. The average Bonchev–Trinajstić information content (AvgIpc) is 3.21. The molecule has 0 radical (unpaired) electrons. The highest BCUT2D eigenvalue weighted by Crippen LogP contribution is 2.15. The largest absolute Gasteiger partial charge is 0.294 e. The molecule has 0 aliphatic carbocycles. The lowest BCUT2D eigenvalue weighted by molar-refractivity contribution is 0.101. The monoisotopic (exact) mass is 328 g/mol. The SMILES string of the molecule is CCn1nc(Cn2cncn2)nc1Cn1nc(C)c(C(C)=O)c1C. The molecule has 24 heavy (non-hydrogen) atoms. The number of carbonyl (C=O) groups excluding carboxylic acids is 1. The van der Waals surface area contributed by atoms with E-state index in [1.54, 1.807) is 17.9 Å². The Morgan fingerprint density at radius 3 is 2.54 bits per heavy atom. The third-order valence-electron chi connectivity index (χ3n) is 3.89. The van der Waals surface area contributed by atoms with Gasteiger partial charge < -0.3 is 0 Å². The van der Waals surface area contributed by atoms with E-state index in [-0.39, 0.29) is 5.78 Å². The standard InChI is InChI=1S/C15H20N8O/c1-5-22-14(18-13(20-22)6-21-9-16-8-17-21)7-23-11(3)15(12(4)24)10(2)19-23/h8-9H,5-7H2,1-4H3. The lowest BCUT2D eigenvalue weighted by Crippen LogP contribution is -2.11. The van der Waals surface area contributed by atoms with Crippen LogP contribution in [0.2, 0.25) is 0 Å². The van der Waals surface area contributed by atoms with Crippen molar-refractivity contribution in [1.29, 1.82) is 0 Å². The summed E-state index contributed by atoms with van der Waals surface area (Å²) >= 11 is 0. The number of hydrogen-bond donors (Lipinski definition) is 0. The van der Waals surface area contributed by atoms with E-state index in [9.17, 15) is 4.79 Å². The van der Waals surface area contributed by atoms with Crippen molar-refractivity contribution < 1.29 is 4.79 Å². The Morgan fingerprint density at radius 2 is 1.96 bits per heavy atom. The molecule has 0 amide bonds. The number of hydrogen-bond acceptors (Lipinski definition) is 6. The Labute approximate surface area is 139 Å². The number of Topliss-reactive ketones (excluding diaryl/α,β-unsaturated/α-hetero) is 1. The number of ketones is 1. The molecule has 0 unspecified atom stereocenters. The summed E-state index contributed by atoms with van der Waals surface area (Å²) in [4.78, 5) is 20.3. The second-order valence-electron chi connectivity index (χ2n) is 5.61. The smallest absolute Gasteiger partial charge is 0.172 e. The molecule has 0 saturated carbocycles. The highest BCUT2D eigenvalue weighted by molar-refractivity contribution is 5.96. The fourth-order valence-corrected chi connectivity index (χ4v) is 2.82. The van der Waals surface area contributed by atoms with Crippen LogP contribution in [-0.4, -0.2) is 45.1 Å². The Bertz CT molecular complexity index is 859. The van der Waals surface area contributed by atoms with Crippen LogP contribution >= 0.6 is 0 Å². The Kier molecular flexibility index (Phi) is 4.24. The van der Waals surface area contributed by atoms with Crippen LogP contribution in [0.1, 0.15) is 47.2 Å². The highest BCUT2D eigenvalue weighted by atomic mass is 16.1. The molecule has 0 N–H and O–H groups in total. The minimum Gasteiger partial charge on any atom is -0.294 e. The number of aryl methyl sites for hydroxylation is 2. The lowest BCUT2D eigenvalue weighted by atomic mass is 10.1. The summed E-state index contributed by atoms with van der Waals surface area (Å²) in [5.41, 5.74) is 2.27. The van der Waals surface area contributed by atoms with E-state index in [0.29, 0.717) is 31.0 Å². The fraction of sp³-hybridized carbons (Fsp3) is 0.467. The van der Waals surface area contributed by atoms with Gasteiger partial charge in [-0.2, -0.15) is 15.3 Å². The van der Waals surface area contributed by atoms with Crippen molar-refractivity contribution in [3.8, 4) is 0 Å². The zero-order chi connectivity index (χ0) is 17.3. The van der Waals surface area contributed by atoms with Crippen molar-refractivity contribution in [3.63, 3.8) is 0 Å². The third-order valence-corrected chi connectivity index (χ3v) is 3.89. The number of aromatic nitrogens is 8. The first-order valence-corrected chi connectivity index (χ1v) is 7.79. The van der Waals surface area contributed by atoms with Gasteiger partial charge in [0.1, 0.15) is 31.6 Å². The van der Waals surface area contributed by atoms with Gasteiger partial charge in [0.05, 0.1) is 11.3 Å². The maximum absolute atomic E-state index is 11.8. The molecule has 0 bridgehead atoms. The first kappa shape index (κ1) is 16.0. The fourth-order valence-electron chi connectivity index (χ4n) is 2.82. The normalized spacial score (nSPS) is 11.2. The molecule has 126 valence electrons. The quantitative estimate of drug-likeness (QED) is 0.626. The summed E-state index contributed by atoms with van der Waals surface area (Å²) in [6.45, 7) is 8.97. The van der Waals surface area contributed by atoms with Crippen LogP contribution in [-0.2, 0) is 19.6 Å². The van der Waals surface area contributed by atoms with E-state index in [2.05, 4.69) is 25.3 Å². The molecule has 0 aliphatic rings.